The number of hydrogen-bond donors (Lipinski definition) is 0. The van der Waals surface area contributed by atoms with Gasteiger partial charge in [-0.2, -0.15) is 0 Å². The van der Waals surface area contributed by atoms with E-state index in [2.05, 4.69) is 0 Å². The molecule has 2 atom stereocenters. The smallest absolute Gasteiger partial charge is 0.312 e. The first-order valence-corrected chi connectivity index (χ1v) is 8.72. The van der Waals surface area contributed by atoms with Crippen molar-refractivity contribution in [1.82, 2.24) is 0 Å². The average Bonchev–Trinajstić information content (AvgIpc) is 3.04. The molecular weight excluding hydrogens is 349 g/mol. The maximum Gasteiger partial charge on any atom is 0.312 e. The fraction of sp³-hybridized carbons (Fsp3) is 0.286. The second-order valence-electron chi connectivity index (χ2n) is 6.69. The zero-order chi connectivity index (χ0) is 19.6. The van der Waals surface area contributed by atoms with E-state index in [9.17, 15) is 18.8 Å². The van der Waals surface area contributed by atoms with Gasteiger partial charge in [0.15, 0.2) is 6.10 Å². The molecule has 3 rings (SSSR count). The van der Waals surface area contributed by atoms with Gasteiger partial charge in [-0.15, -0.1) is 0 Å². The number of carbonyl (C=O) groups excluding carboxylic acids is 3. The lowest BCUT2D eigenvalue weighted by molar-refractivity contribution is -0.151. The van der Waals surface area contributed by atoms with Gasteiger partial charge in [0.2, 0.25) is 11.7 Å². The first kappa shape index (κ1) is 18.8. The lowest BCUT2D eigenvalue weighted by Crippen LogP contribution is -2.30. The molecule has 2 aromatic carbocycles. The molecule has 0 saturated carbocycles. The van der Waals surface area contributed by atoms with Gasteiger partial charge in [-0.05, 0) is 50.2 Å². The minimum Gasteiger partial charge on any atom is -0.454 e. The number of carbonyl (C=O) groups is 3. The number of esters is 1. The van der Waals surface area contributed by atoms with Gasteiger partial charge < -0.3 is 9.64 Å². The number of benzene rings is 2. The van der Waals surface area contributed by atoms with E-state index in [4.69, 9.17) is 4.74 Å². The SMILES string of the molecule is Cc1ccc(N2C[C@H](C(=O)O[C@H](C)C(=O)c3ccc(F)cc3)CC2=O)cc1. The molecule has 2 aromatic rings. The Balaban J connectivity index is 1.62. The van der Waals surface area contributed by atoms with E-state index in [0.717, 1.165) is 11.3 Å². The van der Waals surface area contributed by atoms with Gasteiger partial charge in [0, 0.05) is 24.2 Å². The monoisotopic (exact) mass is 369 g/mol. The number of ketones is 1. The van der Waals surface area contributed by atoms with Gasteiger partial charge in [-0.1, -0.05) is 17.7 Å². The summed E-state index contributed by atoms with van der Waals surface area (Å²) in [4.78, 5) is 38.5. The number of ether oxygens (including phenoxy) is 1. The van der Waals surface area contributed by atoms with Crippen LogP contribution in [0.3, 0.4) is 0 Å². The molecule has 0 unspecified atom stereocenters. The molecule has 1 aliphatic heterocycles. The van der Waals surface area contributed by atoms with Gasteiger partial charge in [-0.3, -0.25) is 14.4 Å². The Bertz CT molecular complexity index is 861. The summed E-state index contributed by atoms with van der Waals surface area (Å²) in [6.07, 6.45) is -0.962. The van der Waals surface area contributed by atoms with Crippen LogP contribution in [0.2, 0.25) is 0 Å². The topological polar surface area (TPSA) is 63.7 Å². The van der Waals surface area contributed by atoms with E-state index in [1.807, 2.05) is 31.2 Å². The Hall–Kier alpha value is -3.02. The summed E-state index contributed by atoms with van der Waals surface area (Å²) in [5.74, 6) is -2.22. The van der Waals surface area contributed by atoms with Crippen molar-refractivity contribution in [3.63, 3.8) is 0 Å². The van der Waals surface area contributed by atoms with E-state index in [0.29, 0.717) is 0 Å². The highest BCUT2D eigenvalue weighted by Crippen LogP contribution is 2.26. The number of Topliss-reactive ketones (excluding diaryl/α,β-unsaturated/α-hetero) is 1. The van der Waals surface area contributed by atoms with Crippen LogP contribution in [0.1, 0.15) is 29.3 Å². The number of aryl methyl sites for hydroxylation is 1. The van der Waals surface area contributed by atoms with Crippen LogP contribution >= 0.6 is 0 Å². The van der Waals surface area contributed by atoms with Crippen molar-refractivity contribution in [1.29, 1.82) is 0 Å². The predicted octanol–water partition coefficient (Wildman–Crippen LogP) is 3.30. The van der Waals surface area contributed by atoms with Gasteiger partial charge >= 0.3 is 5.97 Å². The molecule has 1 aliphatic rings. The van der Waals surface area contributed by atoms with Gasteiger partial charge in [0.05, 0.1) is 5.92 Å². The van der Waals surface area contributed by atoms with Crippen molar-refractivity contribution in [3.05, 3.63) is 65.5 Å². The summed E-state index contributed by atoms with van der Waals surface area (Å²) in [7, 11) is 0. The van der Waals surface area contributed by atoms with Crippen LogP contribution in [-0.2, 0) is 14.3 Å². The van der Waals surface area contributed by atoms with Crippen molar-refractivity contribution in [2.75, 3.05) is 11.4 Å². The molecular formula is C21H20FNO4. The van der Waals surface area contributed by atoms with Crippen molar-refractivity contribution in [2.45, 2.75) is 26.4 Å². The van der Waals surface area contributed by atoms with E-state index >= 15 is 0 Å². The standard InChI is InChI=1S/C21H20FNO4/c1-13-3-9-18(10-4-13)23-12-16(11-19(23)24)21(26)27-14(2)20(25)15-5-7-17(22)8-6-15/h3-10,14,16H,11-12H2,1-2H3/t14-,16-/m1/s1. The Morgan fingerprint density at radius 2 is 1.74 bits per heavy atom. The Morgan fingerprint density at radius 3 is 2.37 bits per heavy atom. The highest BCUT2D eigenvalue weighted by molar-refractivity contribution is 6.02. The molecule has 0 spiro atoms. The zero-order valence-electron chi connectivity index (χ0n) is 15.1. The third kappa shape index (κ3) is 4.22. The quantitative estimate of drug-likeness (QED) is 0.599. The fourth-order valence-electron chi connectivity index (χ4n) is 3.01. The van der Waals surface area contributed by atoms with Crippen LogP contribution in [0.15, 0.2) is 48.5 Å². The minimum absolute atomic E-state index is 0.0458. The van der Waals surface area contributed by atoms with Crippen molar-refractivity contribution < 1.29 is 23.5 Å². The number of amides is 1. The normalized spacial score (nSPS) is 17.7. The maximum absolute atomic E-state index is 13.0. The van der Waals surface area contributed by atoms with Gasteiger partial charge in [0.25, 0.3) is 0 Å². The first-order chi connectivity index (χ1) is 12.8. The predicted molar refractivity (Wildman–Crippen MR) is 97.9 cm³/mol. The summed E-state index contributed by atoms with van der Waals surface area (Å²) >= 11 is 0. The van der Waals surface area contributed by atoms with E-state index < -0.39 is 29.6 Å². The molecule has 6 heteroatoms. The van der Waals surface area contributed by atoms with E-state index in [1.165, 1.54) is 31.2 Å². The second-order valence-corrected chi connectivity index (χ2v) is 6.69. The van der Waals surface area contributed by atoms with Crippen molar-refractivity contribution >= 4 is 23.3 Å². The van der Waals surface area contributed by atoms with Crippen LogP contribution in [-0.4, -0.2) is 30.3 Å². The van der Waals surface area contributed by atoms with Crippen LogP contribution in [0, 0.1) is 18.7 Å². The van der Waals surface area contributed by atoms with Crippen LogP contribution in [0.5, 0.6) is 0 Å². The van der Waals surface area contributed by atoms with Crippen molar-refractivity contribution in [3.8, 4) is 0 Å². The summed E-state index contributed by atoms with van der Waals surface area (Å²) in [5, 5.41) is 0. The summed E-state index contributed by atoms with van der Waals surface area (Å²) < 4.78 is 18.2. The zero-order valence-corrected chi connectivity index (χ0v) is 15.1. The fourth-order valence-corrected chi connectivity index (χ4v) is 3.01. The molecule has 1 heterocycles. The van der Waals surface area contributed by atoms with Gasteiger partial charge in [0.1, 0.15) is 5.82 Å². The minimum atomic E-state index is -1.01. The second kappa shape index (κ2) is 7.70. The molecule has 5 nitrogen and oxygen atoms in total. The number of anilines is 1. The van der Waals surface area contributed by atoms with Crippen LogP contribution < -0.4 is 4.90 Å². The molecule has 0 aliphatic carbocycles. The molecule has 0 N–H and O–H groups in total. The third-order valence-electron chi connectivity index (χ3n) is 4.59. The Morgan fingerprint density at radius 1 is 1.11 bits per heavy atom. The molecule has 0 bridgehead atoms. The maximum atomic E-state index is 13.0. The lowest BCUT2D eigenvalue weighted by atomic mass is 10.1. The highest BCUT2D eigenvalue weighted by Gasteiger charge is 2.37. The molecule has 1 saturated heterocycles. The number of rotatable bonds is 5. The molecule has 0 radical (unpaired) electrons. The molecule has 1 amide bonds. The summed E-state index contributed by atoms with van der Waals surface area (Å²) in [6.45, 7) is 3.64. The van der Waals surface area contributed by atoms with Crippen LogP contribution in [0.4, 0.5) is 10.1 Å². The lowest BCUT2D eigenvalue weighted by Gasteiger charge is -2.18. The largest absolute Gasteiger partial charge is 0.454 e. The summed E-state index contributed by atoms with van der Waals surface area (Å²) in [6, 6.07) is 12.5. The Labute approximate surface area is 156 Å². The molecule has 1 fully saturated rings. The first-order valence-electron chi connectivity index (χ1n) is 8.72. The average molecular weight is 369 g/mol. The highest BCUT2D eigenvalue weighted by atomic mass is 19.1. The molecule has 140 valence electrons. The number of halogens is 1. The summed E-state index contributed by atoms with van der Waals surface area (Å²) in [5.41, 5.74) is 2.08. The van der Waals surface area contributed by atoms with Crippen molar-refractivity contribution in [2.24, 2.45) is 5.92 Å². The Kier molecular flexibility index (Phi) is 5.35. The molecule has 0 aromatic heterocycles. The third-order valence-corrected chi connectivity index (χ3v) is 4.59. The van der Waals surface area contributed by atoms with Gasteiger partial charge in [-0.25, -0.2) is 4.39 Å². The van der Waals surface area contributed by atoms with E-state index in [1.54, 1.807) is 4.90 Å². The number of hydrogen-bond acceptors (Lipinski definition) is 4. The molecule has 27 heavy (non-hydrogen) atoms. The van der Waals surface area contributed by atoms with E-state index in [-0.39, 0.29) is 24.4 Å². The van der Waals surface area contributed by atoms with Crippen LogP contribution in [0.25, 0.3) is 0 Å². The number of nitrogens with zero attached hydrogens (tertiary/aromatic N) is 1.